The number of hydrogen-bond acceptors (Lipinski definition) is 4. The number of anilines is 1. The van der Waals surface area contributed by atoms with Crippen molar-refractivity contribution in [2.45, 2.75) is 0 Å². The van der Waals surface area contributed by atoms with E-state index in [2.05, 4.69) is 5.32 Å². The number of ether oxygens (including phenoxy) is 1. The number of aromatic carboxylic acids is 1. The van der Waals surface area contributed by atoms with Gasteiger partial charge >= 0.3 is 5.97 Å². The summed E-state index contributed by atoms with van der Waals surface area (Å²) < 4.78 is 30.9. The first-order valence-electron chi connectivity index (χ1n) is 5.54. The predicted molar refractivity (Wildman–Crippen MR) is 71.1 cm³/mol. The van der Waals surface area contributed by atoms with Gasteiger partial charge in [0.15, 0.2) is 11.6 Å². The highest BCUT2D eigenvalue weighted by Gasteiger charge is 2.17. The van der Waals surface area contributed by atoms with Gasteiger partial charge in [0, 0.05) is 18.9 Å². The van der Waals surface area contributed by atoms with Crippen molar-refractivity contribution in [3.05, 3.63) is 29.3 Å². The summed E-state index contributed by atoms with van der Waals surface area (Å²) in [4.78, 5) is 22.5. The molecule has 0 fully saturated rings. The van der Waals surface area contributed by atoms with Crippen molar-refractivity contribution in [2.75, 3.05) is 30.5 Å². The number of carboxylic acids is 1. The van der Waals surface area contributed by atoms with Crippen molar-refractivity contribution in [3.63, 3.8) is 0 Å². The third-order valence-electron chi connectivity index (χ3n) is 2.23. The van der Waals surface area contributed by atoms with Crippen molar-refractivity contribution in [2.24, 2.45) is 0 Å². The minimum atomic E-state index is -1.45. The molecule has 5 nitrogen and oxygen atoms in total. The van der Waals surface area contributed by atoms with Crippen molar-refractivity contribution in [3.8, 4) is 0 Å². The molecule has 1 aromatic rings. The fraction of sp³-hybridized carbons (Fsp3) is 0.333. The van der Waals surface area contributed by atoms with Crippen LogP contribution in [0.1, 0.15) is 10.4 Å². The molecule has 0 unspecified atom stereocenters. The molecular weight excluding hydrogens is 292 g/mol. The SMILES string of the molecule is COCCSCC(=O)Nc1cc(F)c(F)cc1C(=O)O. The van der Waals surface area contributed by atoms with Crippen LogP contribution in [0.4, 0.5) is 14.5 Å². The molecule has 0 heterocycles. The molecule has 0 atom stereocenters. The molecule has 2 N–H and O–H groups in total. The Balaban J connectivity index is 2.73. The molecule has 1 rings (SSSR count). The number of rotatable bonds is 7. The molecule has 20 heavy (non-hydrogen) atoms. The topological polar surface area (TPSA) is 75.6 Å². The Labute approximate surface area is 118 Å². The van der Waals surface area contributed by atoms with E-state index in [1.807, 2.05) is 0 Å². The van der Waals surface area contributed by atoms with Gasteiger partial charge in [0.25, 0.3) is 0 Å². The maximum atomic E-state index is 13.1. The lowest BCUT2D eigenvalue weighted by molar-refractivity contribution is -0.113. The molecule has 1 amide bonds. The molecule has 1 aromatic carbocycles. The highest BCUT2D eigenvalue weighted by atomic mass is 32.2. The monoisotopic (exact) mass is 305 g/mol. The van der Waals surface area contributed by atoms with Gasteiger partial charge in [-0.1, -0.05) is 0 Å². The first-order chi connectivity index (χ1) is 9.45. The molecular formula is C12H13F2NO4S. The minimum Gasteiger partial charge on any atom is -0.478 e. The van der Waals surface area contributed by atoms with E-state index in [0.717, 1.165) is 0 Å². The Morgan fingerprint density at radius 1 is 1.35 bits per heavy atom. The number of halogens is 2. The summed E-state index contributed by atoms with van der Waals surface area (Å²) in [6.07, 6.45) is 0. The molecule has 0 saturated heterocycles. The van der Waals surface area contributed by atoms with Crippen molar-refractivity contribution >= 4 is 29.3 Å². The predicted octanol–water partition coefficient (Wildman–Crippen LogP) is 1.98. The number of hydrogen-bond donors (Lipinski definition) is 2. The molecule has 8 heteroatoms. The lowest BCUT2D eigenvalue weighted by Gasteiger charge is -2.09. The van der Waals surface area contributed by atoms with Crippen LogP contribution in [0.3, 0.4) is 0 Å². The summed E-state index contributed by atoms with van der Waals surface area (Å²) in [5.74, 6) is -3.81. The molecule has 0 aliphatic heterocycles. The van der Waals surface area contributed by atoms with Crippen LogP contribution in [0, 0.1) is 11.6 Å². The van der Waals surface area contributed by atoms with E-state index in [1.165, 1.54) is 18.9 Å². The molecule has 0 radical (unpaired) electrons. The van der Waals surface area contributed by atoms with E-state index in [4.69, 9.17) is 9.84 Å². The fourth-order valence-corrected chi connectivity index (χ4v) is 2.01. The Hall–Kier alpha value is -1.67. The van der Waals surface area contributed by atoms with Gasteiger partial charge in [-0.05, 0) is 6.07 Å². The normalized spacial score (nSPS) is 10.3. The van der Waals surface area contributed by atoms with Crippen LogP contribution in [0.2, 0.25) is 0 Å². The summed E-state index contributed by atoms with van der Waals surface area (Å²) in [5, 5.41) is 11.1. The second-order valence-corrected chi connectivity index (χ2v) is 4.82. The van der Waals surface area contributed by atoms with Crippen molar-refractivity contribution in [1.82, 2.24) is 0 Å². The number of thioether (sulfide) groups is 1. The first-order valence-corrected chi connectivity index (χ1v) is 6.70. The van der Waals surface area contributed by atoms with Gasteiger partial charge in [0.05, 0.1) is 23.6 Å². The van der Waals surface area contributed by atoms with Crippen LogP contribution in [0.5, 0.6) is 0 Å². The van der Waals surface area contributed by atoms with E-state index >= 15 is 0 Å². The maximum Gasteiger partial charge on any atom is 0.337 e. The Morgan fingerprint density at radius 3 is 2.60 bits per heavy atom. The first kappa shape index (κ1) is 16.4. The van der Waals surface area contributed by atoms with Gasteiger partial charge in [-0.25, -0.2) is 13.6 Å². The lowest BCUT2D eigenvalue weighted by Crippen LogP contribution is -2.17. The van der Waals surface area contributed by atoms with Crippen LogP contribution >= 0.6 is 11.8 Å². The summed E-state index contributed by atoms with van der Waals surface area (Å²) in [6, 6.07) is 1.18. The summed E-state index contributed by atoms with van der Waals surface area (Å²) >= 11 is 1.27. The largest absolute Gasteiger partial charge is 0.478 e. The van der Waals surface area contributed by atoms with Gasteiger partial charge in [0.2, 0.25) is 5.91 Å². The zero-order valence-corrected chi connectivity index (χ0v) is 11.4. The number of amides is 1. The molecule has 110 valence electrons. The van der Waals surface area contributed by atoms with E-state index in [0.29, 0.717) is 24.5 Å². The highest BCUT2D eigenvalue weighted by molar-refractivity contribution is 7.99. The zero-order valence-electron chi connectivity index (χ0n) is 10.6. The highest BCUT2D eigenvalue weighted by Crippen LogP contribution is 2.20. The number of methoxy groups -OCH3 is 1. The third kappa shape index (κ3) is 4.78. The Kier molecular flexibility index (Phi) is 6.40. The van der Waals surface area contributed by atoms with E-state index < -0.39 is 29.1 Å². The molecule has 0 aliphatic carbocycles. The van der Waals surface area contributed by atoms with E-state index in [9.17, 15) is 18.4 Å². The van der Waals surface area contributed by atoms with Crippen LogP contribution in [0.25, 0.3) is 0 Å². The fourth-order valence-electron chi connectivity index (χ4n) is 1.32. The average Bonchev–Trinajstić information content (AvgIpc) is 2.38. The smallest absolute Gasteiger partial charge is 0.337 e. The maximum absolute atomic E-state index is 13.1. The number of carbonyl (C=O) groups is 2. The molecule has 0 aromatic heterocycles. The summed E-state index contributed by atoms with van der Waals surface area (Å²) in [5.41, 5.74) is -0.770. The quantitative estimate of drug-likeness (QED) is 0.753. The third-order valence-corrected chi connectivity index (χ3v) is 3.15. The molecule has 0 bridgehead atoms. The second kappa shape index (κ2) is 7.81. The van der Waals surface area contributed by atoms with Crippen molar-refractivity contribution in [1.29, 1.82) is 0 Å². The van der Waals surface area contributed by atoms with Gasteiger partial charge < -0.3 is 15.2 Å². The van der Waals surface area contributed by atoms with E-state index in [-0.39, 0.29) is 11.4 Å². The van der Waals surface area contributed by atoms with Crippen molar-refractivity contribution < 1.29 is 28.2 Å². The molecule has 0 saturated carbocycles. The number of carboxylic acid groups (broad SMARTS) is 1. The number of nitrogens with one attached hydrogen (secondary N) is 1. The van der Waals surface area contributed by atoms with Crippen LogP contribution in [0.15, 0.2) is 12.1 Å². The minimum absolute atomic E-state index is 0.0570. The Morgan fingerprint density at radius 2 is 2.00 bits per heavy atom. The summed E-state index contributed by atoms with van der Waals surface area (Å²) in [6.45, 7) is 0.476. The number of benzene rings is 1. The molecule has 0 spiro atoms. The van der Waals surface area contributed by atoms with Gasteiger partial charge in [-0.2, -0.15) is 0 Å². The Bertz CT molecular complexity index is 510. The van der Waals surface area contributed by atoms with Crippen LogP contribution in [-0.4, -0.2) is 42.2 Å². The lowest BCUT2D eigenvalue weighted by atomic mass is 10.1. The summed E-state index contributed by atoms with van der Waals surface area (Å²) in [7, 11) is 1.53. The van der Waals surface area contributed by atoms with Gasteiger partial charge in [0.1, 0.15) is 0 Å². The van der Waals surface area contributed by atoms with Crippen LogP contribution in [-0.2, 0) is 9.53 Å². The number of carbonyl (C=O) groups excluding carboxylic acids is 1. The van der Waals surface area contributed by atoms with E-state index in [1.54, 1.807) is 0 Å². The zero-order chi connectivity index (χ0) is 15.1. The standard InChI is InChI=1S/C12H13F2NO4S/c1-19-2-3-20-6-11(16)15-10-5-9(14)8(13)4-7(10)12(17)18/h4-5H,2-3,6H2,1H3,(H,15,16)(H,17,18). The van der Waals surface area contributed by atoms with Gasteiger partial charge in [-0.15, -0.1) is 11.8 Å². The van der Waals surface area contributed by atoms with Gasteiger partial charge in [-0.3, -0.25) is 4.79 Å². The average molecular weight is 305 g/mol. The second-order valence-electron chi connectivity index (χ2n) is 3.71. The van der Waals surface area contributed by atoms with Crippen LogP contribution < -0.4 is 5.32 Å². The molecule has 0 aliphatic rings.